The van der Waals surface area contributed by atoms with Crippen molar-refractivity contribution in [2.75, 3.05) is 6.61 Å². The first kappa shape index (κ1) is 19.1. The summed E-state index contributed by atoms with van der Waals surface area (Å²) >= 11 is 4.71. The SMILES string of the molecule is CCCCOC(=O)CCCc1ccc(/C(C)=N/NC(N)=S)cc1. The van der Waals surface area contributed by atoms with E-state index in [2.05, 4.69) is 17.5 Å². The lowest BCUT2D eigenvalue weighted by molar-refractivity contribution is -0.143. The van der Waals surface area contributed by atoms with E-state index < -0.39 is 0 Å². The van der Waals surface area contributed by atoms with E-state index in [-0.39, 0.29) is 11.1 Å². The fraction of sp³-hybridized carbons (Fsp3) is 0.471. The number of nitrogens with one attached hydrogen (secondary N) is 1. The lowest BCUT2D eigenvalue weighted by Gasteiger charge is -2.06. The molecule has 0 heterocycles. The number of nitrogens with two attached hydrogens (primary N) is 1. The predicted octanol–water partition coefficient (Wildman–Crippen LogP) is 2.91. The Morgan fingerprint density at radius 3 is 2.61 bits per heavy atom. The van der Waals surface area contributed by atoms with E-state index in [0.717, 1.165) is 37.0 Å². The Morgan fingerprint density at radius 2 is 2.00 bits per heavy atom. The molecule has 1 aromatic carbocycles. The van der Waals surface area contributed by atoms with E-state index in [1.54, 1.807) is 0 Å². The van der Waals surface area contributed by atoms with Crippen molar-refractivity contribution in [1.82, 2.24) is 5.43 Å². The molecule has 0 amide bonds. The molecule has 0 saturated heterocycles. The number of hydrogen-bond donors (Lipinski definition) is 2. The van der Waals surface area contributed by atoms with Gasteiger partial charge >= 0.3 is 5.97 Å². The van der Waals surface area contributed by atoms with Gasteiger partial charge in [-0.05, 0) is 49.5 Å². The lowest BCUT2D eigenvalue weighted by Crippen LogP contribution is -2.25. The molecule has 0 atom stereocenters. The summed E-state index contributed by atoms with van der Waals surface area (Å²) in [6.07, 6.45) is 4.07. The molecular weight excluding hydrogens is 310 g/mol. The summed E-state index contributed by atoms with van der Waals surface area (Å²) in [6, 6.07) is 8.07. The largest absolute Gasteiger partial charge is 0.466 e. The van der Waals surface area contributed by atoms with Crippen LogP contribution < -0.4 is 11.2 Å². The summed E-state index contributed by atoms with van der Waals surface area (Å²) in [7, 11) is 0. The number of hydrazone groups is 1. The van der Waals surface area contributed by atoms with E-state index in [1.807, 2.05) is 31.2 Å². The van der Waals surface area contributed by atoms with Crippen molar-refractivity contribution in [3.05, 3.63) is 35.4 Å². The summed E-state index contributed by atoms with van der Waals surface area (Å²) < 4.78 is 5.13. The maximum atomic E-state index is 11.5. The third-order valence-electron chi connectivity index (χ3n) is 3.31. The molecule has 126 valence electrons. The van der Waals surface area contributed by atoms with Gasteiger partial charge in [-0.3, -0.25) is 10.2 Å². The van der Waals surface area contributed by atoms with Gasteiger partial charge in [0.2, 0.25) is 0 Å². The maximum Gasteiger partial charge on any atom is 0.305 e. The topological polar surface area (TPSA) is 76.7 Å². The molecule has 0 saturated carbocycles. The predicted molar refractivity (Wildman–Crippen MR) is 97.4 cm³/mol. The second kappa shape index (κ2) is 10.7. The first-order chi connectivity index (χ1) is 11.0. The summed E-state index contributed by atoms with van der Waals surface area (Å²) in [5.74, 6) is -0.109. The second-order valence-electron chi connectivity index (χ2n) is 5.30. The highest BCUT2D eigenvalue weighted by molar-refractivity contribution is 7.80. The number of unbranched alkanes of at least 4 members (excludes halogenated alkanes) is 1. The number of carbonyl (C=O) groups excluding carboxylic acids is 1. The first-order valence-electron chi connectivity index (χ1n) is 7.87. The van der Waals surface area contributed by atoms with Gasteiger partial charge in [0.15, 0.2) is 5.11 Å². The van der Waals surface area contributed by atoms with Crippen LogP contribution in [0.15, 0.2) is 29.4 Å². The van der Waals surface area contributed by atoms with Gasteiger partial charge < -0.3 is 10.5 Å². The van der Waals surface area contributed by atoms with Gasteiger partial charge in [-0.15, -0.1) is 0 Å². The van der Waals surface area contributed by atoms with E-state index in [4.69, 9.17) is 22.7 Å². The van der Waals surface area contributed by atoms with E-state index in [9.17, 15) is 4.79 Å². The molecule has 1 rings (SSSR count). The Labute approximate surface area is 143 Å². The molecule has 3 N–H and O–H groups in total. The van der Waals surface area contributed by atoms with Gasteiger partial charge in [0.05, 0.1) is 12.3 Å². The van der Waals surface area contributed by atoms with Gasteiger partial charge in [0.1, 0.15) is 0 Å². The molecule has 1 aromatic rings. The molecule has 0 aliphatic heterocycles. The molecule has 23 heavy (non-hydrogen) atoms. The molecule has 0 bridgehead atoms. The van der Waals surface area contributed by atoms with E-state index in [0.29, 0.717) is 13.0 Å². The fourth-order valence-corrected chi connectivity index (χ4v) is 2.00. The minimum absolute atomic E-state index is 0.109. The zero-order chi connectivity index (χ0) is 17.1. The molecule has 0 spiro atoms. The van der Waals surface area contributed by atoms with Gasteiger partial charge in [-0.2, -0.15) is 5.10 Å². The summed E-state index contributed by atoms with van der Waals surface area (Å²) in [6.45, 7) is 4.49. The van der Waals surface area contributed by atoms with Gasteiger partial charge in [-0.1, -0.05) is 37.6 Å². The highest BCUT2D eigenvalue weighted by Crippen LogP contribution is 2.09. The molecular formula is C17H25N3O2S. The van der Waals surface area contributed by atoms with Crippen LogP contribution in [0, 0.1) is 0 Å². The Morgan fingerprint density at radius 1 is 1.30 bits per heavy atom. The van der Waals surface area contributed by atoms with Crippen molar-refractivity contribution in [1.29, 1.82) is 0 Å². The number of aryl methyl sites for hydroxylation is 1. The van der Waals surface area contributed by atoms with Crippen LogP contribution in [0.25, 0.3) is 0 Å². The fourth-order valence-electron chi connectivity index (χ4n) is 1.96. The molecule has 0 aliphatic rings. The molecule has 0 aromatic heterocycles. The minimum atomic E-state index is -0.109. The normalized spacial score (nSPS) is 11.1. The van der Waals surface area contributed by atoms with Crippen LogP contribution in [-0.2, 0) is 16.0 Å². The summed E-state index contributed by atoms with van der Waals surface area (Å²) in [4.78, 5) is 11.5. The molecule has 0 radical (unpaired) electrons. The third-order valence-corrected chi connectivity index (χ3v) is 3.40. The average molecular weight is 335 g/mol. The average Bonchev–Trinajstić information content (AvgIpc) is 2.53. The Balaban J connectivity index is 2.38. The number of esters is 1. The third kappa shape index (κ3) is 8.30. The van der Waals surface area contributed by atoms with Crippen LogP contribution in [0.3, 0.4) is 0 Å². The van der Waals surface area contributed by atoms with E-state index in [1.165, 1.54) is 5.56 Å². The first-order valence-corrected chi connectivity index (χ1v) is 8.28. The molecule has 5 nitrogen and oxygen atoms in total. The standard InChI is InChI=1S/C17H25N3O2S/c1-3-4-12-22-16(21)7-5-6-14-8-10-15(11-9-14)13(2)19-20-17(18)23/h8-11H,3-7,12H2,1-2H3,(H3,18,20,23)/b19-13+. The van der Waals surface area contributed by atoms with Crippen molar-refractivity contribution in [2.45, 2.75) is 46.0 Å². The zero-order valence-electron chi connectivity index (χ0n) is 13.8. The lowest BCUT2D eigenvalue weighted by atomic mass is 10.0. The van der Waals surface area contributed by atoms with Crippen LogP contribution in [0.4, 0.5) is 0 Å². The summed E-state index contributed by atoms with van der Waals surface area (Å²) in [5, 5.41) is 4.23. The van der Waals surface area contributed by atoms with Gasteiger partial charge in [0.25, 0.3) is 0 Å². The Hall–Kier alpha value is -1.95. The monoisotopic (exact) mass is 335 g/mol. The number of hydrogen-bond acceptors (Lipinski definition) is 4. The number of nitrogens with zero attached hydrogens (tertiary/aromatic N) is 1. The summed E-state index contributed by atoms with van der Waals surface area (Å²) in [5.41, 5.74) is 10.9. The van der Waals surface area contributed by atoms with Crippen molar-refractivity contribution >= 4 is 29.0 Å². The number of rotatable bonds is 9. The molecule has 0 unspecified atom stereocenters. The van der Waals surface area contributed by atoms with Crippen molar-refractivity contribution in [3.8, 4) is 0 Å². The highest BCUT2D eigenvalue weighted by atomic mass is 32.1. The zero-order valence-corrected chi connectivity index (χ0v) is 14.6. The quantitative estimate of drug-likeness (QED) is 0.239. The van der Waals surface area contributed by atoms with Crippen LogP contribution >= 0.6 is 12.2 Å². The maximum absolute atomic E-state index is 11.5. The van der Waals surface area contributed by atoms with Crippen LogP contribution in [0.1, 0.15) is 50.7 Å². The Bertz CT molecular complexity index is 541. The van der Waals surface area contributed by atoms with Crippen LogP contribution in [-0.4, -0.2) is 23.4 Å². The van der Waals surface area contributed by atoms with Crippen molar-refractivity contribution < 1.29 is 9.53 Å². The number of thiocarbonyl (C=S) groups is 1. The van der Waals surface area contributed by atoms with Crippen LogP contribution in [0.2, 0.25) is 0 Å². The number of ether oxygens (including phenoxy) is 1. The molecule has 0 fully saturated rings. The number of carbonyl (C=O) groups is 1. The molecule has 6 heteroatoms. The second-order valence-corrected chi connectivity index (χ2v) is 5.74. The van der Waals surface area contributed by atoms with Crippen LogP contribution in [0.5, 0.6) is 0 Å². The highest BCUT2D eigenvalue weighted by Gasteiger charge is 2.03. The van der Waals surface area contributed by atoms with Crippen molar-refractivity contribution in [3.63, 3.8) is 0 Å². The van der Waals surface area contributed by atoms with Crippen molar-refractivity contribution in [2.24, 2.45) is 10.8 Å². The van der Waals surface area contributed by atoms with Gasteiger partial charge in [0, 0.05) is 6.42 Å². The number of benzene rings is 1. The minimum Gasteiger partial charge on any atom is -0.466 e. The Kier molecular flexibility index (Phi) is 8.90. The smallest absolute Gasteiger partial charge is 0.305 e. The molecule has 0 aliphatic carbocycles. The van der Waals surface area contributed by atoms with Gasteiger partial charge in [-0.25, -0.2) is 0 Å². The van der Waals surface area contributed by atoms with E-state index >= 15 is 0 Å².